The van der Waals surface area contributed by atoms with Gasteiger partial charge >= 0.3 is 0 Å². The van der Waals surface area contributed by atoms with Crippen molar-refractivity contribution < 1.29 is 4.39 Å². The molecule has 1 fully saturated rings. The lowest BCUT2D eigenvalue weighted by Gasteiger charge is -2.32. The van der Waals surface area contributed by atoms with Gasteiger partial charge in [0.25, 0.3) is 0 Å². The molecule has 1 nitrogen and oxygen atoms in total. The number of likely N-dealkylation sites (tertiary alicyclic amines) is 1. The van der Waals surface area contributed by atoms with Gasteiger partial charge in [0.1, 0.15) is 5.82 Å². The molecule has 0 amide bonds. The second kappa shape index (κ2) is 4.96. The lowest BCUT2D eigenvalue weighted by Crippen LogP contribution is -2.33. The number of nitrogens with zero attached hydrogens (tertiary/aromatic N) is 1. The number of hydrogen-bond acceptors (Lipinski definition) is 1. The highest BCUT2D eigenvalue weighted by molar-refractivity contribution is 5.31. The second-order valence-electron chi connectivity index (χ2n) is 4.68. The van der Waals surface area contributed by atoms with Crippen LogP contribution in [-0.2, 0) is 0 Å². The molecule has 1 saturated heterocycles. The first kappa shape index (κ1) is 11.6. The van der Waals surface area contributed by atoms with Crippen molar-refractivity contribution in [3.05, 3.63) is 35.1 Å². The summed E-state index contributed by atoms with van der Waals surface area (Å²) in [6.07, 6.45) is 2.19. The molecule has 1 aliphatic rings. The maximum absolute atomic E-state index is 13.8. The van der Waals surface area contributed by atoms with E-state index < -0.39 is 0 Å². The monoisotopic (exact) mass is 221 g/mol. The zero-order valence-corrected chi connectivity index (χ0v) is 10.2. The molecular weight excluding hydrogens is 201 g/mol. The summed E-state index contributed by atoms with van der Waals surface area (Å²) in [6.45, 7) is 7.53. The van der Waals surface area contributed by atoms with Gasteiger partial charge in [0.2, 0.25) is 0 Å². The maximum Gasteiger partial charge on any atom is 0.126 e. The first-order valence-corrected chi connectivity index (χ1v) is 6.19. The van der Waals surface area contributed by atoms with Crippen LogP contribution in [-0.4, -0.2) is 24.5 Å². The Labute approximate surface area is 97.3 Å². The molecule has 2 heteroatoms. The van der Waals surface area contributed by atoms with E-state index in [9.17, 15) is 4.39 Å². The number of rotatable bonds is 2. The first-order valence-electron chi connectivity index (χ1n) is 6.19. The highest BCUT2D eigenvalue weighted by Gasteiger charge is 2.23. The Morgan fingerprint density at radius 2 is 2.00 bits per heavy atom. The van der Waals surface area contributed by atoms with Crippen LogP contribution < -0.4 is 0 Å². The van der Waals surface area contributed by atoms with Crippen LogP contribution in [0.1, 0.15) is 36.8 Å². The van der Waals surface area contributed by atoms with Crippen LogP contribution in [0.2, 0.25) is 0 Å². The highest BCUT2D eigenvalue weighted by atomic mass is 19.1. The molecule has 2 rings (SSSR count). The molecule has 0 aliphatic carbocycles. The van der Waals surface area contributed by atoms with Gasteiger partial charge in [0.05, 0.1) is 0 Å². The van der Waals surface area contributed by atoms with Gasteiger partial charge in [-0.15, -0.1) is 0 Å². The SMILES string of the molecule is CCN1CCC(c2c(C)cccc2F)CC1. The van der Waals surface area contributed by atoms with Crippen LogP contribution in [0, 0.1) is 12.7 Å². The van der Waals surface area contributed by atoms with Crippen molar-refractivity contribution in [1.29, 1.82) is 0 Å². The minimum atomic E-state index is -0.0186. The second-order valence-corrected chi connectivity index (χ2v) is 4.68. The van der Waals surface area contributed by atoms with Gasteiger partial charge in [-0.2, -0.15) is 0 Å². The van der Waals surface area contributed by atoms with Crippen LogP contribution in [0.15, 0.2) is 18.2 Å². The van der Waals surface area contributed by atoms with E-state index in [0.717, 1.165) is 43.6 Å². The maximum atomic E-state index is 13.8. The van der Waals surface area contributed by atoms with Crippen molar-refractivity contribution in [2.24, 2.45) is 0 Å². The van der Waals surface area contributed by atoms with Crippen LogP contribution in [0.4, 0.5) is 4.39 Å². The summed E-state index contributed by atoms with van der Waals surface area (Å²) in [5.74, 6) is 0.402. The minimum absolute atomic E-state index is 0.0186. The third kappa shape index (κ3) is 2.27. The molecule has 1 aromatic carbocycles. The van der Waals surface area contributed by atoms with E-state index in [4.69, 9.17) is 0 Å². The average molecular weight is 221 g/mol. The summed E-state index contributed by atoms with van der Waals surface area (Å²) in [4.78, 5) is 2.44. The van der Waals surface area contributed by atoms with E-state index in [1.807, 2.05) is 13.0 Å². The molecule has 88 valence electrons. The lowest BCUT2D eigenvalue weighted by atomic mass is 9.86. The zero-order valence-electron chi connectivity index (χ0n) is 10.2. The Kier molecular flexibility index (Phi) is 3.59. The summed E-state index contributed by atoms with van der Waals surface area (Å²) < 4.78 is 13.8. The Morgan fingerprint density at radius 3 is 2.56 bits per heavy atom. The van der Waals surface area contributed by atoms with Crippen molar-refractivity contribution in [2.45, 2.75) is 32.6 Å². The molecule has 1 heterocycles. The van der Waals surface area contributed by atoms with Gasteiger partial charge in [-0.3, -0.25) is 0 Å². The molecule has 0 bridgehead atoms. The van der Waals surface area contributed by atoms with Crippen LogP contribution in [0.25, 0.3) is 0 Å². The molecule has 0 atom stereocenters. The molecule has 0 spiro atoms. The first-order chi connectivity index (χ1) is 7.72. The largest absolute Gasteiger partial charge is 0.304 e. The number of benzene rings is 1. The summed E-state index contributed by atoms with van der Waals surface area (Å²) in [6, 6.07) is 5.41. The molecule has 16 heavy (non-hydrogen) atoms. The van der Waals surface area contributed by atoms with Crippen LogP contribution in [0.3, 0.4) is 0 Å². The molecular formula is C14H20FN. The molecule has 0 radical (unpaired) electrons. The molecule has 1 aliphatic heterocycles. The Balaban J connectivity index is 2.14. The van der Waals surface area contributed by atoms with Crippen molar-refractivity contribution in [3.63, 3.8) is 0 Å². The third-order valence-corrected chi connectivity index (χ3v) is 3.71. The van der Waals surface area contributed by atoms with Gasteiger partial charge in [0.15, 0.2) is 0 Å². The van der Waals surface area contributed by atoms with Crippen LogP contribution >= 0.6 is 0 Å². The van der Waals surface area contributed by atoms with Gasteiger partial charge in [-0.05, 0) is 62.5 Å². The summed E-state index contributed by atoms with van der Waals surface area (Å²) in [7, 11) is 0. The smallest absolute Gasteiger partial charge is 0.126 e. The topological polar surface area (TPSA) is 3.24 Å². The average Bonchev–Trinajstić information content (AvgIpc) is 2.30. The fourth-order valence-corrected chi connectivity index (χ4v) is 2.70. The number of hydrogen-bond donors (Lipinski definition) is 0. The summed E-state index contributed by atoms with van der Waals surface area (Å²) >= 11 is 0. The Bertz CT molecular complexity index is 334. The van der Waals surface area contributed by atoms with Crippen molar-refractivity contribution >= 4 is 0 Å². The highest BCUT2D eigenvalue weighted by Crippen LogP contribution is 2.31. The summed E-state index contributed by atoms with van der Waals surface area (Å²) in [5, 5.41) is 0. The van der Waals surface area contributed by atoms with Crippen molar-refractivity contribution in [3.8, 4) is 0 Å². The molecule has 0 N–H and O–H groups in total. The summed E-state index contributed by atoms with van der Waals surface area (Å²) in [5.41, 5.74) is 2.06. The van der Waals surface area contributed by atoms with Gasteiger partial charge in [0, 0.05) is 0 Å². The normalized spacial score (nSPS) is 18.9. The zero-order chi connectivity index (χ0) is 11.5. The van der Waals surface area contributed by atoms with E-state index >= 15 is 0 Å². The molecule has 0 saturated carbocycles. The minimum Gasteiger partial charge on any atom is -0.304 e. The number of piperidine rings is 1. The molecule has 1 aromatic rings. The Morgan fingerprint density at radius 1 is 1.31 bits per heavy atom. The Hall–Kier alpha value is -0.890. The van der Waals surface area contributed by atoms with E-state index in [-0.39, 0.29) is 5.82 Å². The van der Waals surface area contributed by atoms with E-state index in [1.54, 1.807) is 12.1 Å². The van der Waals surface area contributed by atoms with Gasteiger partial charge in [-0.1, -0.05) is 19.1 Å². The van der Waals surface area contributed by atoms with E-state index in [1.165, 1.54) is 0 Å². The number of aryl methyl sites for hydroxylation is 1. The quantitative estimate of drug-likeness (QED) is 0.740. The van der Waals surface area contributed by atoms with E-state index in [2.05, 4.69) is 11.8 Å². The predicted molar refractivity (Wildman–Crippen MR) is 65.2 cm³/mol. The van der Waals surface area contributed by atoms with Crippen LogP contribution in [0.5, 0.6) is 0 Å². The fourth-order valence-electron chi connectivity index (χ4n) is 2.70. The fraction of sp³-hybridized carbons (Fsp3) is 0.571. The van der Waals surface area contributed by atoms with Crippen molar-refractivity contribution in [2.75, 3.05) is 19.6 Å². The molecule has 0 unspecified atom stereocenters. The van der Waals surface area contributed by atoms with Crippen molar-refractivity contribution in [1.82, 2.24) is 4.90 Å². The lowest BCUT2D eigenvalue weighted by molar-refractivity contribution is 0.220. The molecule has 0 aromatic heterocycles. The standard InChI is InChI=1S/C14H20FN/c1-3-16-9-7-12(8-10-16)14-11(2)5-4-6-13(14)15/h4-6,12H,3,7-10H2,1-2H3. The van der Waals surface area contributed by atoms with E-state index in [0.29, 0.717) is 5.92 Å². The number of halogens is 1. The third-order valence-electron chi connectivity index (χ3n) is 3.71. The predicted octanol–water partition coefficient (Wildman–Crippen LogP) is 3.33. The van der Waals surface area contributed by atoms with Gasteiger partial charge < -0.3 is 4.90 Å². The van der Waals surface area contributed by atoms with Gasteiger partial charge in [-0.25, -0.2) is 4.39 Å².